The number of carboxylic acids is 1. The van der Waals surface area contributed by atoms with E-state index in [1.807, 2.05) is 0 Å². The summed E-state index contributed by atoms with van der Waals surface area (Å²) < 4.78 is 18.8. The van der Waals surface area contributed by atoms with Crippen molar-refractivity contribution in [1.82, 2.24) is 4.98 Å². The van der Waals surface area contributed by atoms with Crippen LogP contribution in [0.2, 0.25) is 0 Å². The summed E-state index contributed by atoms with van der Waals surface area (Å²) in [6.45, 7) is 0. The van der Waals surface area contributed by atoms with Gasteiger partial charge in [-0.1, -0.05) is 18.2 Å². The number of rotatable bonds is 3. The smallest absolute Gasteiger partial charge is 0.339 e. The second-order valence-corrected chi connectivity index (χ2v) is 3.76. The number of ether oxygens (including phenoxy) is 1. The van der Waals surface area contributed by atoms with E-state index in [4.69, 9.17) is 15.6 Å². The summed E-state index contributed by atoms with van der Waals surface area (Å²) in [5.74, 6) is -1.83. The largest absolute Gasteiger partial charge is 0.480 e. The highest BCUT2D eigenvalue weighted by molar-refractivity contribution is 5.94. The number of methoxy groups -OCH3 is 1. The Kier molecular flexibility index (Phi) is 3.33. The molecule has 0 spiro atoms. The normalized spacial score (nSPS) is 10.2. The number of halogens is 1. The Morgan fingerprint density at radius 3 is 2.63 bits per heavy atom. The number of carboxylic acid groups (broad SMARTS) is 1. The number of carbonyl (C=O) groups is 1. The first kappa shape index (κ1) is 12.8. The zero-order valence-electron chi connectivity index (χ0n) is 10.1. The predicted octanol–water partition coefficient (Wildman–Crippen LogP) is 2.18. The molecule has 19 heavy (non-hydrogen) atoms. The molecule has 0 atom stereocenters. The number of pyridine rings is 1. The predicted molar refractivity (Wildman–Crippen MR) is 67.6 cm³/mol. The van der Waals surface area contributed by atoms with Crippen LogP contribution in [0.15, 0.2) is 30.3 Å². The Morgan fingerprint density at radius 2 is 2.05 bits per heavy atom. The number of hydrogen-bond acceptors (Lipinski definition) is 4. The highest BCUT2D eigenvalue weighted by atomic mass is 19.1. The van der Waals surface area contributed by atoms with Gasteiger partial charge in [-0.05, 0) is 12.1 Å². The lowest BCUT2D eigenvalue weighted by atomic mass is 10.0. The van der Waals surface area contributed by atoms with Crippen molar-refractivity contribution in [1.29, 1.82) is 0 Å². The van der Waals surface area contributed by atoms with Crippen LogP contribution in [-0.2, 0) is 0 Å². The monoisotopic (exact) mass is 262 g/mol. The number of hydrogen-bond donors (Lipinski definition) is 2. The van der Waals surface area contributed by atoms with Gasteiger partial charge in [0.25, 0.3) is 0 Å². The maximum atomic E-state index is 13.8. The van der Waals surface area contributed by atoms with Gasteiger partial charge in [0.1, 0.15) is 17.2 Å². The van der Waals surface area contributed by atoms with E-state index in [0.29, 0.717) is 0 Å². The zero-order valence-corrected chi connectivity index (χ0v) is 10.1. The van der Waals surface area contributed by atoms with Gasteiger partial charge < -0.3 is 15.6 Å². The van der Waals surface area contributed by atoms with Crippen molar-refractivity contribution in [2.75, 3.05) is 12.8 Å². The highest BCUT2D eigenvalue weighted by Gasteiger charge is 2.18. The van der Waals surface area contributed by atoms with Gasteiger partial charge in [-0.25, -0.2) is 9.18 Å². The van der Waals surface area contributed by atoms with Crippen molar-refractivity contribution in [3.05, 3.63) is 41.7 Å². The molecule has 1 heterocycles. The van der Waals surface area contributed by atoms with Crippen LogP contribution in [0, 0.1) is 5.82 Å². The fourth-order valence-corrected chi connectivity index (χ4v) is 1.71. The van der Waals surface area contributed by atoms with Crippen molar-refractivity contribution >= 4 is 11.8 Å². The summed E-state index contributed by atoms with van der Waals surface area (Å²) in [6, 6.07) is 7.20. The van der Waals surface area contributed by atoms with E-state index in [0.717, 1.165) is 0 Å². The Bertz CT molecular complexity index is 644. The third-order valence-corrected chi connectivity index (χ3v) is 2.60. The molecular weight excluding hydrogens is 251 g/mol. The van der Waals surface area contributed by atoms with E-state index in [2.05, 4.69) is 4.98 Å². The Hall–Kier alpha value is -2.63. The molecule has 5 nitrogen and oxygen atoms in total. The van der Waals surface area contributed by atoms with E-state index in [9.17, 15) is 9.18 Å². The van der Waals surface area contributed by atoms with Gasteiger partial charge in [0.2, 0.25) is 5.88 Å². The summed E-state index contributed by atoms with van der Waals surface area (Å²) in [5, 5.41) is 9.02. The standard InChI is InChI=1S/C13H11FN2O3/c1-19-12-8(7-4-2-3-5-10(7)14)6-9(13(17)18)11(15)16-12/h2-6H,1H3,(H2,15,16)(H,17,18). The summed E-state index contributed by atoms with van der Waals surface area (Å²) in [5.41, 5.74) is 5.77. The van der Waals surface area contributed by atoms with E-state index in [1.165, 1.54) is 31.4 Å². The molecule has 1 aromatic carbocycles. The minimum absolute atomic E-state index is 0.0765. The molecule has 0 unspecified atom stereocenters. The topological polar surface area (TPSA) is 85.4 Å². The van der Waals surface area contributed by atoms with E-state index < -0.39 is 11.8 Å². The van der Waals surface area contributed by atoms with E-state index in [1.54, 1.807) is 6.07 Å². The molecule has 0 aliphatic rings. The Labute approximate surface area is 108 Å². The molecule has 0 bridgehead atoms. The van der Waals surface area contributed by atoms with Crippen molar-refractivity contribution in [3.63, 3.8) is 0 Å². The van der Waals surface area contributed by atoms with Gasteiger partial charge in [-0.15, -0.1) is 0 Å². The Balaban J connectivity index is 2.71. The van der Waals surface area contributed by atoms with Crippen molar-refractivity contribution < 1.29 is 19.0 Å². The van der Waals surface area contributed by atoms with Gasteiger partial charge in [0.05, 0.1) is 7.11 Å². The lowest BCUT2D eigenvalue weighted by Gasteiger charge is -2.11. The quantitative estimate of drug-likeness (QED) is 0.885. The maximum Gasteiger partial charge on any atom is 0.339 e. The van der Waals surface area contributed by atoms with Gasteiger partial charge >= 0.3 is 5.97 Å². The molecule has 0 aliphatic heterocycles. The van der Waals surface area contributed by atoms with Gasteiger partial charge in [0, 0.05) is 11.1 Å². The average molecular weight is 262 g/mol. The minimum Gasteiger partial charge on any atom is -0.480 e. The second-order valence-electron chi connectivity index (χ2n) is 3.76. The number of nitrogen functional groups attached to an aromatic ring is 1. The van der Waals surface area contributed by atoms with Crippen LogP contribution in [0.5, 0.6) is 5.88 Å². The third kappa shape index (κ3) is 2.33. The van der Waals surface area contributed by atoms with Crippen LogP contribution in [0.4, 0.5) is 10.2 Å². The molecule has 0 aliphatic carbocycles. The molecule has 0 radical (unpaired) electrons. The summed E-state index contributed by atoms with van der Waals surface area (Å²) in [6.07, 6.45) is 0. The molecule has 0 fully saturated rings. The highest BCUT2D eigenvalue weighted by Crippen LogP contribution is 2.32. The number of aromatic carboxylic acids is 1. The van der Waals surface area contributed by atoms with Crippen LogP contribution in [0.1, 0.15) is 10.4 Å². The number of nitrogens with zero attached hydrogens (tertiary/aromatic N) is 1. The molecule has 2 aromatic rings. The van der Waals surface area contributed by atoms with Gasteiger partial charge in [-0.3, -0.25) is 0 Å². The molecule has 0 saturated carbocycles. The summed E-state index contributed by atoms with van der Waals surface area (Å²) in [4.78, 5) is 14.9. The number of anilines is 1. The zero-order chi connectivity index (χ0) is 14.0. The lowest BCUT2D eigenvalue weighted by molar-refractivity contribution is 0.0697. The van der Waals surface area contributed by atoms with Gasteiger partial charge in [-0.2, -0.15) is 4.98 Å². The first-order chi connectivity index (χ1) is 9.04. The number of aromatic nitrogens is 1. The first-order valence-electron chi connectivity index (χ1n) is 5.37. The SMILES string of the molecule is COc1nc(N)c(C(=O)O)cc1-c1ccccc1F. The Morgan fingerprint density at radius 1 is 1.37 bits per heavy atom. The van der Waals surface area contributed by atoms with Crippen LogP contribution in [0.3, 0.4) is 0 Å². The van der Waals surface area contributed by atoms with Crippen molar-refractivity contribution in [3.8, 4) is 17.0 Å². The van der Waals surface area contributed by atoms with Crippen LogP contribution >= 0.6 is 0 Å². The van der Waals surface area contributed by atoms with Crippen LogP contribution in [-0.4, -0.2) is 23.2 Å². The molecule has 0 saturated heterocycles. The minimum atomic E-state index is -1.23. The lowest BCUT2D eigenvalue weighted by Crippen LogP contribution is -2.07. The molecule has 0 amide bonds. The average Bonchev–Trinajstić information content (AvgIpc) is 2.39. The summed E-state index contributed by atoms with van der Waals surface area (Å²) in [7, 11) is 1.35. The van der Waals surface area contributed by atoms with Crippen molar-refractivity contribution in [2.24, 2.45) is 0 Å². The molecule has 6 heteroatoms. The van der Waals surface area contributed by atoms with E-state index in [-0.39, 0.29) is 28.4 Å². The van der Waals surface area contributed by atoms with Gasteiger partial charge in [0.15, 0.2) is 0 Å². The second kappa shape index (κ2) is 4.93. The first-order valence-corrected chi connectivity index (χ1v) is 5.37. The van der Waals surface area contributed by atoms with Crippen LogP contribution in [0.25, 0.3) is 11.1 Å². The third-order valence-electron chi connectivity index (χ3n) is 2.60. The van der Waals surface area contributed by atoms with Crippen molar-refractivity contribution in [2.45, 2.75) is 0 Å². The molecule has 3 N–H and O–H groups in total. The van der Waals surface area contributed by atoms with Crippen LogP contribution < -0.4 is 10.5 Å². The fourth-order valence-electron chi connectivity index (χ4n) is 1.71. The molecular formula is C13H11FN2O3. The maximum absolute atomic E-state index is 13.8. The molecule has 1 aromatic heterocycles. The number of nitrogens with two attached hydrogens (primary N) is 1. The molecule has 2 rings (SSSR count). The molecule has 98 valence electrons. The van der Waals surface area contributed by atoms with E-state index >= 15 is 0 Å². The summed E-state index contributed by atoms with van der Waals surface area (Å²) >= 11 is 0. The number of benzene rings is 1. The fraction of sp³-hybridized carbons (Fsp3) is 0.0769.